The SMILES string of the molecule is CCCCCCCCCCCCC(CCC)CNCCC. The van der Waals surface area contributed by atoms with Gasteiger partial charge in [-0.2, -0.15) is 0 Å². The molecule has 0 saturated carbocycles. The lowest BCUT2D eigenvalue weighted by Gasteiger charge is -2.16. The van der Waals surface area contributed by atoms with E-state index in [1.165, 1.54) is 103 Å². The molecule has 0 aromatic carbocycles. The molecule has 1 N–H and O–H groups in total. The third-order valence-corrected chi connectivity index (χ3v) is 4.52. The molecule has 0 aromatic rings. The zero-order valence-corrected chi connectivity index (χ0v) is 15.4. The summed E-state index contributed by atoms with van der Waals surface area (Å²) in [7, 11) is 0. The molecule has 0 heterocycles. The van der Waals surface area contributed by atoms with Crippen molar-refractivity contribution in [1.29, 1.82) is 0 Å². The molecule has 0 bridgehead atoms. The van der Waals surface area contributed by atoms with Crippen LogP contribution < -0.4 is 5.32 Å². The van der Waals surface area contributed by atoms with Gasteiger partial charge in [0.2, 0.25) is 0 Å². The third-order valence-electron chi connectivity index (χ3n) is 4.52. The monoisotopic (exact) mass is 297 g/mol. The number of nitrogens with one attached hydrogen (secondary N) is 1. The molecular weight excluding hydrogens is 254 g/mol. The summed E-state index contributed by atoms with van der Waals surface area (Å²) in [6, 6.07) is 0. The molecule has 0 aliphatic heterocycles. The summed E-state index contributed by atoms with van der Waals surface area (Å²) in [6.07, 6.45) is 20.0. The molecule has 0 aliphatic rings. The van der Waals surface area contributed by atoms with Crippen molar-refractivity contribution in [3.63, 3.8) is 0 Å². The van der Waals surface area contributed by atoms with Crippen LogP contribution in [0.3, 0.4) is 0 Å². The predicted octanol–water partition coefficient (Wildman–Crippen LogP) is 6.71. The first kappa shape index (κ1) is 21.0. The summed E-state index contributed by atoms with van der Waals surface area (Å²) >= 11 is 0. The van der Waals surface area contributed by atoms with E-state index in [0.717, 1.165) is 5.92 Å². The van der Waals surface area contributed by atoms with Gasteiger partial charge >= 0.3 is 0 Å². The van der Waals surface area contributed by atoms with E-state index in [1.54, 1.807) is 0 Å². The second kappa shape index (κ2) is 18.0. The fraction of sp³-hybridized carbons (Fsp3) is 1.00. The van der Waals surface area contributed by atoms with Crippen LogP contribution in [0, 0.1) is 5.92 Å². The van der Waals surface area contributed by atoms with Crippen LogP contribution in [0.25, 0.3) is 0 Å². The Morgan fingerprint density at radius 3 is 1.67 bits per heavy atom. The Morgan fingerprint density at radius 1 is 0.571 bits per heavy atom. The largest absolute Gasteiger partial charge is 0.316 e. The van der Waals surface area contributed by atoms with Gasteiger partial charge in [-0.05, 0) is 38.3 Å². The van der Waals surface area contributed by atoms with Crippen molar-refractivity contribution in [2.75, 3.05) is 13.1 Å². The zero-order chi connectivity index (χ0) is 15.6. The maximum Gasteiger partial charge on any atom is -0.00205 e. The fourth-order valence-corrected chi connectivity index (χ4v) is 3.16. The Kier molecular flexibility index (Phi) is 18.0. The van der Waals surface area contributed by atoms with Crippen LogP contribution in [0.4, 0.5) is 0 Å². The van der Waals surface area contributed by atoms with Crippen LogP contribution in [-0.2, 0) is 0 Å². The van der Waals surface area contributed by atoms with Gasteiger partial charge in [0.15, 0.2) is 0 Å². The molecule has 1 atom stereocenters. The molecule has 0 aromatic heterocycles. The van der Waals surface area contributed by atoms with E-state index >= 15 is 0 Å². The van der Waals surface area contributed by atoms with Crippen molar-refractivity contribution < 1.29 is 0 Å². The third kappa shape index (κ3) is 16.2. The first-order valence-electron chi connectivity index (χ1n) is 10.1. The van der Waals surface area contributed by atoms with Gasteiger partial charge in [-0.25, -0.2) is 0 Å². The van der Waals surface area contributed by atoms with Gasteiger partial charge in [0.1, 0.15) is 0 Å². The van der Waals surface area contributed by atoms with Crippen molar-refractivity contribution in [1.82, 2.24) is 5.32 Å². The predicted molar refractivity (Wildman–Crippen MR) is 98.0 cm³/mol. The molecule has 0 saturated heterocycles. The van der Waals surface area contributed by atoms with E-state index in [9.17, 15) is 0 Å². The van der Waals surface area contributed by atoms with Crippen molar-refractivity contribution in [3.05, 3.63) is 0 Å². The topological polar surface area (TPSA) is 12.0 Å². The normalized spacial score (nSPS) is 12.7. The Labute approximate surface area is 135 Å². The standard InChI is InChI=1S/C20H43N/c1-4-7-8-9-10-11-12-13-14-15-17-20(16-5-2)19-21-18-6-3/h20-21H,4-19H2,1-3H3. The lowest BCUT2D eigenvalue weighted by atomic mass is 9.95. The lowest BCUT2D eigenvalue weighted by molar-refractivity contribution is 0.395. The smallest absolute Gasteiger partial charge is 0.00205 e. The summed E-state index contributed by atoms with van der Waals surface area (Å²) in [6.45, 7) is 9.32. The van der Waals surface area contributed by atoms with E-state index in [2.05, 4.69) is 26.1 Å². The summed E-state index contributed by atoms with van der Waals surface area (Å²) < 4.78 is 0. The Hall–Kier alpha value is -0.0400. The number of hydrogen-bond donors (Lipinski definition) is 1. The van der Waals surface area contributed by atoms with Crippen LogP contribution in [-0.4, -0.2) is 13.1 Å². The first-order chi connectivity index (χ1) is 10.3. The minimum absolute atomic E-state index is 0.926. The Morgan fingerprint density at radius 2 is 1.14 bits per heavy atom. The van der Waals surface area contributed by atoms with E-state index in [0.29, 0.717) is 0 Å². The Bertz CT molecular complexity index is 179. The van der Waals surface area contributed by atoms with E-state index in [-0.39, 0.29) is 0 Å². The maximum atomic E-state index is 3.61. The summed E-state index contributed by atoms with van der Waals surface area (Å²) in [5, 5.41) is 3.61. The zero-order valence-electron chi connectivity index (χ0n) is 15.4. The number of rotatable bonds is 17. The second-order valence-corrected chi connectivity index (χ2v) is 6.83. The molecule has 1 unspecified atom stereocenters. The number of hydrogen-bond acceptors (Lipinski definition) is 1. The number of unbranched alkanes of at least 4 members (excludes halogenated alkanes) is 9. The van der Waals surface area contributed by atoms with Gasteiger partial charge in [0.25, 0.3) is 0 Å². The highest BCUT2D eigenvalue weighted by Crippen LogP contribution is 2.17. The van der Waals surface area contributed by atoms with Gasteiger partial charge in [-0.1, -0.05) is 91.4 Å². The average Bonchev–Trinajstić information content (AvgIpc) is 2.49. The highest BCUT2D eigenvalue weighted by atomic mass is 14.8. The first-order valence-corrected chi connectivity index (χ1v) is 10.1. The Balaban J connectivity index is 3.32. The van der Waals surface area contributed by atoms with Gasteiger partial charge in [-0.15, -0.1) is 0 Å². The molecule has 0 rings (SSSR count). The minimum atomic E-state index is 0.926. The molecule has 0 amide bonds. The fourth-order valence-electron chi connectivity index (χ4n) is 3.16. The molecule has 0 spiro atoms. The lowest BCUT2D eigenvalue weighted by Crippen LogP contribution is -2.23. The van der Waals surface area contributed by atoms with Crippen LogP contribution >= 0.6 is 0 Å². The maximum absolute atomic E-state index is 3.61. The molecule has 1 nitrogen and oxygen atoms in total. The minimum Gasteiger partial charge on any atom is -0.316 e. The van der Waals surface area contributed by atoms with Crippen molar-refractivity contribution in [2.45, 2.75) is 111 Å². The average molecular weight is 298 g/mol. The van der Waals surface area contributed by atoms with Crippen LogP contribution in [0.15, 0.2) is 0 Å². The van der Waals surface area contributed by atoms with E-state index in [4.69, 9.17) is 0 Å². The van der Waals surface area contributed by atoms with Crippen molar-refractivity contribution in [2.24, 2.45) is 5.92 Å². The summed E-state index contributed by atoms with van der Waals surface area (Å²) in [5.74, 6) is 0.926. The highest BCUT2D eigenvalue weighted by molar-refractivity contribution is 4.62. The molecular formula is C20H43N. The quantitative estimate of drug-likeness (QED) is 0.294. The molecule has 128 valence electrons. The van der Waals surface area contributed by atoms with E-state index in [1.807, 2.05) is 0 Å². The summed E-state index contributed by atoms with van der Waals surface area (Å²) in [5.41, 5.74) is 0. The molecule has 0 aliphatic carbocycles. The van der Waals surface area contributed by atoms with Crippen LogP contribution in [0.5, 0.6) is 0 Å². The molecule has 1 heteroatoms. The molecule has 0 fully saturated rings. The van der Waals surface area contributed by atoms with Crippen molar-refractivity contribution >= 4 is 0 Å². The van der Waals surface area contributed by atoms with Gasteiger partial charge < -0.3 is 5.32 Å². The van der Waals surface area contributed by atoms with Crippen LogP contribution in [0.1, 0.15) is 111 Å². The summed E-state index contributed by atoms with van der Waals surface area (Å²) in [4.78, 5) is 0. The second-order valence-electron chi connectivity index (χ2n) is 6.83. The van der Waals surface area contributed by atoms with Crippen molar-refractivity contribution in [3.8, 4) is 0 Å². The highest BCUT2D eigenvalue weighted by Gasteiger charge is 2.06. The van der Waals surface area contributed by atoms with Crippen LogP contribution in [0.2, 0.25) is 0 Å². The van der Waals surface area contributed by atoms with Gasteiger partial charge in [0.05, 0.1) is 0 Å². The molecule has 21 heavy (non-hydrogen) atoms. The van der Waals surface area contributed by atoms with Gasteiger partial charge in [-0.3, -0.25) is 0 Å². The van der Waals surface area contributed by atoms with Gasteiger partial charge in [0, 0.05) is 0 Å². The van der Waals surface area contributed by atoms with E-state index < -0.39 is 0 Å². The molecule has 0 radical (unpaired) electrons.